The van der Waals surface area contributed by atoms with Crippen molar-refractivity contribution in [1.82, 2.24) is 10.6 Å². The number of hydrogen-bond donors (Lipinski definition) is 2. The van der Waals surface area contributed by atoms with E-state index in [-0.39, 0.29) is 0 Å². The van der Waals surface area contributed by atoms with Gasteiger partial charge in [-0.05, 0) is 25.6 Å². The third-order valence-electron chi connectivity index (χ3n) is 3.00. The van der Waals surface area contributed by atoms with Gasteiger partial charge in [0.05, 0.1) is 20.8 Å². The summed E-state index contributed by atoms with van der Waals surface area (Å²) in [5.41, 5.74) is 1.14. The summed E-state index contributed by atoms with van der Waals surface area (Å²) in [4.78, 5) is 0. The second-order valence-electron chi connectivity index (χ2n) is 4.45. The summed E-state index contributed by atoms with van der Waals surface area (Å²) in [5.74, 6) is 1.67. The first-order chi connectivity index (χ1) is 9.81. The molecule has 0 fully saturated rings. The highest BCUT2D eigenvalue weighted by molar-refractivity contribution is 5.40. The SMILES string of the molecule is COCCNCCCNCc1ccc(OC)cc1OC. The van der Waals surface area contributed by atoms with E-state index >= 15 is 0 Å². The minimum atomic E-state index is 0.760. The van der Waals surface area contributed by atoms with Crippen LogP contribution in [0.4, 0.5) is 0 Å². The molecule has 1 rings (SSSR count). The smallest absolute Gasteiger partial charge is 0.127 e. The lowest BCUT2D eigenvalue weighted by atomic mass is 10.2. The molecule has 0 unspecified atom stereocenters. The maximum atomic E-state index is 5.36. The quantitative estimate of drug-likeness (QED) is 0.601. The van der Waals surface area contributed by atoms with Gasteiger partial charge in [-0.3, -0.25) is 0 Å². The van der Waals surface area contributed by atoms with Crippen LogP contribution in [0, 0.1) is 0 Å². The summed E-state index contributed by atoms with van der Waals surface area (Å²) < 4.78 is 15.5. The van der Waals surface area contributed by atoms with Crippen molar-refractivity contribution in [3.8, 4) is 11.5 Å². The Balaban J connectivity index is 2.21. The molecule has 5 nitrogen and oxygen atoms in total. The van der Waals surface area contributed by atoms with Crippen LogP contribution in [0.15, 0.2) is 18.2 Å². The molecule has 1 aromatic carbocycles. The largest absolute Gasteiger partial charge is 0.497 e. The molecule has 0 bridgehead atoms. The first-order valence-corrected chi connectivity index (χ1v) is 6.93. The van der Waals surface area contributed by atoms with Crippen LogP contribution in [-0.2, 0) is 11.3 Å². The molecule has 0 saturated heterocycles. The van der Waals surface area contributed by atoms with Crippen LogP contribution >= 0.6 is 0 Å². The predicted octanol–water partition coefficient (Wildman–Crippen LogP) is 1.42. The van der Waals surface area contributed by atoms with Crippen molar-refractivity contribution in [2.24, 2.45) is 0 Å². The zero-order valence-corrected chi connectivity index (χ0v) is 12.7. The van der Waals surface area contributed by atoms with Gasteiger partial charge in [0.25, 0.3) is 0 Å². The monoisotopic (exact) mass is 282 g/mol. The highest BCUT2D eigenvalue weighted by Gasteiger charge is 2.04. The minimum Gasteiger partial charge on any atom is -0.497 e. The van der Waals surface area contributed by atoms with E-state index in [2.05, 4.69) is 10.6 Å². The fourth-order valence-electron chi connectivity index (χ4n) is 1.86. The lowest BCUT2D eigenvalue weighted by Gasteiger charge is -2.11. The molecule has 114 valence electrons. The molecule has 0 saturated carbocycles. The molecule has 0 aliphatic heterocycles. The van der Waals surface area contributed by atoms with E-state index in [0.29, 0.717) is 0 Å². The molecule has 1 aromatic rings. The second kappa shape index (κ2) is 10.5. The summed E-state index contributed by atoms with van der Waals surface area (Å²) in [6.45, 7) is 4.43. The molecule has 0 aromatic heterocycles. The van der Waals surface area contributed by atoms with Gasteiger partial charge in [-0.15, -0.1) is 0 Å². The summed E-state index contributed by atoms with van der Waals surface area (Å²) in [5, 5.41) is 6.73. The van der Waals surface area contributed by atoms with Gasteiger partial charge < -0.3 is 24.8 Å². The highest BCUT2D eigenvalue weighted by Crippen LogP contribution is 2.24. The Bertz CT molecular complexity index is 372. The Morgan fingerprint density at radius 2 is 1.75 bits per heavy atom. The number of hydrogen-bond acceptors (Lipinski definition) is 5. The summed E-state index contributed by atoms with van der Waals surface area (Å²) in [6, 6.07) is 5.89. The van der Waals surface area contributed by atoms with Gasteiger partial charge in [-0.2, -0.15) is 0 Å². The van der Waals surface area contributed by atoms with Gasteiger partial charge in [0, 0.05) is 31.8 Å². The van der Waals surface area contributed by atoms with Gasteiger partial charge in [-0.25, -0.2) is 0 Å². The molecule has 0 aliphatic rings. The normalized spacial score (nSPS) is 10.6. The maximum absolute atomic E-state index is 5.36. The van der Waals surface area contributed by atoms with Gasteiger partial charge in [0.15, 0.2) is 0 Å². The fraction of sp³-hybridized carbons (Fsp3) is 0.600. The molecule has 0 atom stereocenters. The molecular weight excluding hydrogens is 256 g/mol. The molecule has 2 N–H and O–H groups in total. The lowest BCUT2D eigenvalue weighted by molar-refractivity contribution is 0.199. The Hall–Kier alpha value is -1.30. The fourth-order valence-corrected chi connectivity index (χ4v) is 1.86. The summed E-state index contributed by atoms with van der Waals surface area (Å²) in [6.07, 6.45) is 1.09. The van der Waals surface area contributed by atoms with Crippen molar-refractivity contribution < 1.29 is 14.2 Å². The van der Waals surface area contributed by atoms with E-state index in [1.54, 1.807) is 21.3 Å². The van der Waals surface area contributed by atoms with E-state index in [0.717, 1.165) is 56.3 Å². The van der Waals surface area contributed by atoms with Crippen LogP contribution in [0.2, 0.25) is 0 Å². The van der Waals surface area contributed by atoms with E-state index < -0.39 is 0 Å². The zero-order chi connectivity index (χ0) is 14.6. The van der Waals surface area contributed by atoms with Crippen molar-refractivity contribution >= 4 is 0 Å². The summed E-state index contributed by atoms with van der Waals surface area (Å²) in [7, 11) is 5.05. The molecular formula is C15H26N2O3. The molecule has 20 heavy (non-hydrogen) atoms. The second-order valence-corrected chi connectivity index (χ2v) is 4.45. The topological polar surface area (TPSA) is 51.8 Å². The zero-order valence-electron chi connectivity index (χ0n) is 12.7. The number of ether oxygens (including phenoxy) is 3. The van der Waals surface area contributed by atoms with E-state index in [4.69, 9.17) is 14.2 Å². The Labute approximate surface area is 121 Å². The van der Waals surface area contributed by atoms with Crippen molar-refractivity contribution in [2.75, 3.05) is 47.6 Å². The number of benzene rings is 1. The number of nitrogens with one attached hydrogen (secondary N) is 2. The van der Waals surface area contributed by atoms with E-state index in [9.17, 15) is 0 Å². The molecule has 0 aliphatic carbocycles. The molecule has 0 radical (unpaired) electrons. The van der Waals surface area contributed by atoms with Crippen LogP contribution in [0.1, 0.15) is 12.0 Å². The standard InChI is InChI=1S/C15H26N2O3/c1-18-10-9-16-7-4-8-17-12-13-5-6-14(19-2)11-15(13)20-3/h5-6,11,16-17H,4,7-10,12H2,1-3H3. The average molecular weight is 282 g/mol. The maximum Gasteiger partial charge on any atom is 0.127 e. The Morgan fingerprint density at radius 1 is 0.950 bits per heavy atom. The Kier molecular flexibility index (Phi) is 8.78. The third-order valence-corrected chi connectivity index (χ3v) is 3.00. The van der Waals surface area contributed by atoms with Crippen LogP contribution < -0.4 is 20.1 Å². The van der Waals surface area contributed by atoms with Crippen molar-refractivity contribution in [2.45, 2.75) is 13.0 Å². The first kappa shape index (κ1) is 16.8. The lowest BCUT2D eigenvalue weighted by Crippen LogP contribution is -2.24. The van der Waals surface area contributed by atoms with E-state index in [1.165, 1.54) is 0 Å². The van der Waals surface area contributed by atoms with Crippen molar-refractivity contribution in [3.63, 3.8) is 0 Å². The van der Waals surface area contributed by atoms with Gasteiger partial charge in [-0.1, -0.05) is 6.07 Å². The Morgan fingerprint density at radius 3 is 2.45 bits per heavy atom. The van der Waals surface area contributed by atoms with Crippen LogP contribution in [-0.4, -0.2) is 47.6 Å². The number of rotatable bonds is 11. The van der Waals surface area contributed by atoms with Crippen molar-refractivity contribution in [1.29, 1.82) is 0 Å². The van der Waals surface area contributed by atoms with Crippen LogP contribution in [0.3, 0.4) is 0 Å². The van der Waals surface area contributed by atoms with Crippen LogP contribution in [0.5, 0.6) is 11.5 Å². The average Bonchev–Trinajstić information content (AvgIpc) is 2.50. The van der Waals surface area contributed by atoms with E-state index in [1.807, 2.05) is 18.2 Å². The predicted molar refractivity (Wildman–Crippen MR) is 80.6 cm³/mol. The first-order valence-electron chi connectivity index (χ1n) is 6.93. The molecule has 0 heterocycles. The molecule has 0 spiro atoms. The minimum absolute atomic E-state index is 0.760. The van der Waals surface area contributed by atoms with Crippen LogP contribution in [0.25, 0.3) is 0 Å². The molecule has 5 heteroatoms. The van der Waals surface area contributed by atoms with Gasteiger partial charge in [0.1, 0.15) is 11.5 Å². The van der Waals surface area contributed by atoms with Gasteiger partial charge in [0.2, 0.25) is 0 Å². The molecule has 0 amide bonds. The highest BCUT2D eigenvalue weighted by atomic mass is 16.5. The third kappa shape index (κ3) is 6.23. The number of methoxy groups -OCH3 is 3. The van der Waals surface area contributed by atoms with Gasteiger partial charge >= 0.3 is 0 Å². The summed E-state index contributed by atoms with van der Waals surface area (Å²) >= 11 is 0. The van der Waals surface area contributed by atoms with Crippen molar-refractivity contribution in [3.05, 3.63) is 23.8 Å².